The van der Waals surface area contributed by atoms with Gasteiger partial charge in [-0.3, -0.25) is 9.59 Å². The van der Waals surface area contributed by atoms with Crippen LogP contribution in [0.15, 0.2) is 48.5 Å². The third kappa shape index (κ3) is 5.27. The molecule has 1 fully saturated rings. The van der Waals surface area contributed by atoms with Crippen molar-refractivity contribution in [1.82, 2.24) is 9.62 Å². The van der Waals surface area contributed by atoms with Crippen LogP contribution in [0.5, 0.6) is 0 Å². The number of rotatable bonds is 6. The number of sulfonamides is 1. The van der Waals surface area contributed by atoms with Crippen molar-refractivity contribution in [3.63, 3.8) is 0 Å². The number of hydrogen-bond acceptors (Lipinski definition) is 4. The van der Waals surface area contributed by atoms with Crippen molar-refractivity contribution in [3.05, 3.63) is 71.0 Å². The Balaban J connectivity index is 1.65. The van der Waals surface area contributed by atoms with Gasteiger partial charge in [0.15, 0.2) is 5.78 Å². The third-order valence-corrected chi connectivity index (χ3v) is 6.42. The summed E-state index contributed by atoms with van der Waals surface area (Å²) in [7, 11) is -3.18. The number of nitrogens with zero attached hydrogens (tertiary/aromatic N) is 1. The van der Waals surface area contributed by atoms with Crippen molar-refractivity contribution >= 4 is 21.7 Å². The van der Waals surface area contributed by atoms with Crippen molar-refractivity contribution in [2.24, 2.45) is 5.92 Å². The lowest BCUT2D eigenvalue weighted by Gasteiger charge is -2.30. The highest BCUT2D eigenvalue weighted by Gasteiger charge is 2.25. The van der Waals surface area contributed by atoms with Gasteiger partial charge in [-0.1, -0.05) is 18.2 Å². The Labute approximate surface area is 169 Å². The van der Waals surface area contributed by atoms with E-state index in [4.69, 9.17) is 0 Å². The van der Waals surface area contributed by atoms with E-state index in [0.29, 0.717) is 38.0 Å². The summed E-state index contributed by atoms with van der Waals surface area (Å²) in [5, 5.41) is 2.86. The quantitative estimate of drug-likeness (QED) is 0.731. The van der Waals surface area contributed by atoms with E-state index in [9.17, 15) is 22.4 Å². The lowest BCUT2D eigenvalue weighted by Crippen LogP contribution is -2.41. The molecule has 0 aromatic heterocycles. The second-order valence-corrected chi connectivity index (χ2v) is 9.18. The fraction of sp³-hybridized carbons (Fsp3) is 0.333. The topological polar surface area (TPSA) is 83.6 Å². The summed E-state index contributed by atoms with van der Waals surface area (Å²) in [6, 6.07) is 11.7. The molecule has 1 aliphatic heterocycles. The van der Waals surface area contributed by atoms with Gasteiger partial charge in [-0.05, 0) is 49.1 Å². The standard InChI is InChI=1S/C21H23FN2O4S/c1-29(27,28)24-12-10-15(11-13-24)14-23-21(26)19-5-3-2-4-18(19)20(25)16-6-8-17(22)9-7-16/h2-9,15H,10-14H2,1H3,(H,23,26). The van der Waals surface area contributed by atoms with Gasteiger partial charge in [0.05, 0.1) is 11.8 Å². The van der Waals surface area contributed by atoms with Gasteiger partial charge in [-0.15, -0.1) is 0 Å². The number of ketones is 1. The summed E-state index contributed by atoms with van der Waals surface area (Å²) in [4.78, 5) is 25.4. The fourth-order valence-corrected chi connectivity index (χ4v) is 4.29. The predicted molar refractivity (Wildman–Crippen MR) is 108 cm³/mol. The maximum atomic E-state index is 13.1. The number of benzene rings is 2. The average molecular weight is 418 g/mol. The van der Waals surface area contributed by atoms with Crippen molar-refractivity contribution in [3.8, 4) is 0 Å². The fourth-order valence-electron chi connectivity index (χ4n) is 3.41. The zero-order valence-corrected chi connectivity index (χ0v) is 16.9. The second-order valence-electron chi connectivity index (χ2n) is 7.20. The zero-order valence-electron chi connectivity index (χ0n) is 16.1. The first kappa shape index (κ1) is 21.1. The summed E-state index contributed by atoms with van der Waals surface area (Å²) in [5.74, 6) is -0.967. The molecule has 1 aliphatic rings. The van der Waals surface area contributed by atoms with Crippen molar-refractivity contribution in [1.29, 1.82) is 0 Å². The number of carbonyl (C=O) groups is 2. The highest BCUT2D eigenvalue weighted by atomic mass is 32.2. The number of piperidine rings is 1. The summed E-state index contributed by atoms with van der Waals surface area (Å²) in [6.07, 6.45) is 2.54. The minimum atomic E-state index is -3.18. The van der Waals surface area contributed by atoms with Crippen molar-refractivity contribution in [2.75, 3.05) is 25.9 Å². The Bertz CT molecular complexity index is 998. The maximum Gasteiger partial charge on any atom is 0.252 e. The summed E-state index contributed by atoms with van der Waals surface area (Å²) < 4.78 is 37.7. The Morgan fingerprint density at radius 2 is 1.62 bits per heavy atom. The smallest absolute Gasteiger partial charge is 0.252 e. The molecule has 0 bridgehead atoms. The van der Waals surface area contributed by atoms with Gasteiger partial charge in [0.1, 0.15) is 5.82 Å². The normalized spacial score (nSPS) is 15.8. The highest BCUT2D eigenvalue weighted by Crippen LogP contribution is 2.19. The van der Waals surface area contributed by atoms with Crippen molar-refractivity contribution in [2.45, 2.75) is 12.8 Å². The molecule has 1 N–H and O–H groups in total. The molecule has 8 heteroatoms. The molecule has 0 atom stereocenters. The molecule has 154 valence electrons. The molecular weight excluding hydrogens is 395 g/mol. The second kappa shape index (κ2) is 8.84. The predicted octanol–water partition coefficient (Wildman–Crippen LogP) is 2.46. The molecule has 29 heavy (non-hydrogen) atoms. The van der Waals surface area contributed by atoms with E-state index >= 15 is 0 Å². The maximum absolute atomic E-state index is 13.1. The molecule has 2 aromatic rings. The van der Waals surface area contributed by atoms with Crippen LogP contribution in [0.1, 0.15) is 39.1 Å². The first-order valence-corrected chi connectivity index (χ1v) is 11.2. The average Bonchev–Trinajstić information content (AvgIpc) is 2.71. The van der Waals surface area contributed by atoms with Gasteiger partial charge in [0.2, 0.25) is 10.0 Å². The van der Waals surface area contributed by atoms with E-state index in [0.717, 1.165) is 0 Å². The van der Waals surface area contributed by atoms with Crippen LogP contribution in [0.2, 0.25) is 0 Å². The molecule has 1 amide bonds. The first-order chi connectivity index (χ1) is 13.8. The van der Waals surface area contributed by atoms with Gasteiger partial charge >= 0.3 is 0 Å². The molecule has 1 saturated heterocycles. The molecular formula is C21H23FN2O4S. The molecule has 0 saturated carbocycles. The number of hydrogen-bond donors (Lipinski definition) is 1. The van der Waals surface area contributed by atoms with Gasteiger partial charge < -0.3 is 5.32 Å². The van der Waals surface area contributed by atoms with Crippen molar-refractivity contribution < 1.29 is 22.4 Å². The van der Waals surface area contributed by atoms with Crippen LogP contribution in [0.3, 0.4) is 0 Å². The molecule has 1 heterocycles. The first-order valence-electron chi connectivity index (χ1n) is 9.38. The number of amides is 1. The van der Waals surface area contributed by atoms with E-state index < -0.39 is 15.8 Å². The van der Waals surface area contributed by atoms with Crippen LogP contribution in [0.4, 0.5) is 4.39 Å². The van der Waals surface area contributed by atoms with Gasteiger partial charge in [-0.2, -0.15) is 0 Å². The molecule has 6 nitrogen and oxygen atoms in total. The van der Waals surface area contributed by atoms with Crippen LogP contribution in [-0.4, -0.2) is 50.3 Å². The third-order valence-electron chi connectivity index (χ3n) is 5.12. The van der Waals surface area contributed by atoms with Crippen LogP contribution < -0.4 is 5.32 Å². The summed E-state index contributed by atoms with van der Waals surface area (Å²) >= 11 is 0. The minimum absolute atomic E-state index is 0.178. The zero-order chi connectivity index (χ0) is 21.0. The Hall–Kier alpha value is -2.58. The number of nitrogens with one attached hydrogen (secondary N) is 1. The molecule has 3 rings (SSSR count). The van der Waals surface area contributed by atoms with E-state index in [1.165, 1.54) is 34.8 Å². The molecule has 0 spiro atoms. The summed E-state index contributed by atoms with van der Waals surface area (Å²) in [5.41, 5.74) is 0.818. The lowest BCUT2D eigenvalue weighted by atomic mass is 9.96. The molecule has 0 radical (unpaired) electrons. The SMILES string of the molecule is CS(=O)(=O)N1CCC(CNC(=O)c2ccccc2C(=O)c2ccc(F)cc2)CC1. The van der Waals surface area contributed by atoms with E-state index in [1.54, 1.807) is 24.3 Å². The van der Waals surface area contributed by atoms with Gasteiger partial charge in [-0.25, -0.2) is 17.1 Å². The largest absolute Gasteiger partial charge is 0.352 e. The summed E-state index contributed by atoms with van der Waals surface area (Å²) in [6.45, 7) is 1.30. The molecule has 2 aromatic carbocycles. The number of halogens is 1. The molecule has 0 aliphatic carbocycles. The van der Waals surface area contributed by atoms with E-state index in [1.807, 2.05) is 0 Å². The van der Waals surface area contributed by atoms with Crippen LogP contribution in [0, 0.1) is 11.7 Å². The Kier molecular flexibility index (Phi) is 6.44. The van der Waals surface area contributed by atoms with Crippen LogP contribution in [0.25, 0.3) is 0 Å². The van der Waals surface area contributed by atoms with Gasteiger partial charge in [0, 0.05) is 30.8 Å². The Morgan fingerprint density at radius 1 is 1.03 bits per heavy atom. The van der Waals surface area contributed by atoms with E-state index in [-0.39, 0.29) is 28.7 Å². The lowest BCUT2D eigenvalue weighted by molar-refractivity contribution is 0.0931. The minimum Gasteiger partial charge on any atom is -0.352 e. The molecule has 0 unspecified atom stereocenters. The number of carbonyl (C=O) groups excluding carboxylic acids is 2. The highest BCUT2D eigenvalue weighted by molar-refractivity contribution is 7.88. The van der Waals surface area contributed by atoms with Crippen LogP contribution in [-0.2, 0) is 10.0 Å². The van der Waals surface area contributed by atoms with Crippen LogP contribution >= 0.6 is 0 Å². The monoisotopic (exact) mass is 418 g/mol. The Morgan fingerprint density at radius 3 is 2.21 bits per heavy atom. The van der Waals surface area contributed by atoms with E-state index in [2.05, 4.69) is 5.32 Å². The van der Waals surface area contributed by atoms with Gasteiger partial charge in [0.25, 0.3) is 5.91 Å².